The number of methoxy groups -OCH3 is 1. The number of nitrogens with zero attached hydrogens (tertiary/aromatic N) is 4. The van der Waals surface area contributed by atoms with Crippen LogP contribution in [0, 0.1) is 5.82 Å². The minimum absolute atomic E-state index is 0.185. The minimum atomic E-state index is -4.58. The summed E-state index contributed by atoms with van der Waals surface area (Å²) in [6, 6.07) is 15.6. The normalized spacial score (nSPS) is 17.5. The van der Waals surface area contributed by atoms with Gasteiger partial charge in [-0.25, -0.2) is 9.38 Å². The first kappa shape index (κ1) is 26.8. The molecule has 0 aromatic heterocycles. The maximum absolute atomic E-state index is 14.4. The highest BCUT2D eigenvalue weighted by atomic mass is 35.5. The third-order valence-electron chi connectivity index (χ3n) is 6.87. The molecular formula is C28H25ClF4N4O2. The lowest BCUT2D eigenvalue weighted by Gasteiger charge is -2.45. The number of guanidine groups is 1. The molecule has 0 aliphatic carbocycles. The van der Waals surface area contributed by atoms with Crippen LogP contribution in [-0.2, 0) is 15.7 Å². The van der Waals surface area contributed by atoms with Crippen molar-refractivity contribution in [1.29, 1.82) is 0 Å². The average molecular weight is 561 g/mol. The molecule has 0 saturated carbocycles. The quantitative estimate of drug-likeness (QED) is 0.272. The molecule has 0 radical (unpaired) electrons. The zero-order valence-corrected chi connectivity index (χ0v) is 21.7. The number of carbonyl (C=O) groups excluding carboxylic acids is 1. The van der Waals surface area contributed by atoms with Gasteiger partial charge in [0, 0.05) is 48.1 Å². The third kappa shape index (κ3) is 5.66. The lowest BCUT2D eigenvalue weighted by atomic mass is 9.97. The topological polar surface area (TPSA) is 48.4 Å². The van der Waals surface area contributed by atoms with Crippen LogP contribution in [0.15, 0.2) is 71.7 Å². The van der Waals surface area contributed by atoms with Gasteiger partial charge >= 0.3 is 12.1 Å². The second-order valence-electron chi connectivity index (χ2n) is 9.28. The summed E-state index contributed by atoms with van der Waals surface area (Å²) in [5, 5.41) is 0.622. The van der Waals surface area contributed by atoms with E-state index in [1.165, 1.54) is 37.4 Å². The molecule has 2 heterocycles. The molecule has 1 atom stereocenters. The van der Waals surface area contributed by atoms with Crippen molar-refractivity contribution in [2.75, 3.05) is 43.1 Å². The van der Waals surface area contributed by atoms with Crippen LogP contribution in [0.1, 0.15) is 23.6 Å². The van der Waals surface area contributed by atoms with E-state index in [1.54, 1.807) is 11.0 Å². The van der Waals surface area contributed by atoms with Crippen LogP contribution in [0.4, 0.5) is 34.6 Å². The Morgan fingerprint density at radius 1 is 0.974 bits per heavy atom. The van der Waals surface area contributed by atoms with Crippen LogP contribution in [0.5, 0.6) is 0 Å². The molecule has 2 aliphatic rings. The van der Waals surface area contributed by atoms with Crippen LogP contribution in [-0.4, -0.2) is 50.1 Å². The fourth-order valence-corrected chi connectivity index (χ4v) is 5.15. The van der Waals surface area contributed by atoms with Gasteiger partial charge in [0.1, 0.15) is 5.82 Å². The molecule has 0 bridgehead atoms. The Kier molecular flexibility index (Phi) is 7.40. The maximum atomic E-state index is 14.4. The number of hydrogen-bond acceptors (Lipinski definition) is 6. The van der Waals surface area contributed by atoms with Gasteiger partial charge in [-0.3, -0.25) is 4.79 Å². The van der Waals surface area contributed by atoms with E-state index in [4.69, 9.17) is 21.3 Å². The zero-order chi connectivity index (χ0) is 27.7. The first-order chi connectivity index (χ1) is 18.6. The third-order valence-corrected chi connectivity index (χ3v) is 7.11. The molecular weight excluding hydrogens is 536 g/mol. The van der Waals surface area contributed by atoms with E-state index in [0.29, 0.717) is 48.4 Å². The highest BCUT2D eigenvalue weighted by molar-refractivity contribution is 6.30. The number of alkyl halides is 3. The number of ether oxygens (including phenoxy) is 1. The number of carbonyl (C=O) groups is 1. The van der Waals surface area contributed by atoms with Crippen LogP contribution in [0.25, 0.3) is 0 Å². The van der Waals surface area contributed by atoms with E-state index in [2.05, 4.69) is 4.90 Å². The molecule has 11 heteroatoms. The van der Waals surface area contributed by atoms with E-state index in [0.717, 1.165) is 17.8 Å². The lowest BCUT2D eigenvalue weighted by Crippen LogP contribution is -2.55. The van der Waals surface area contributed by atoms with Crippen LogP contribution < -0.4 is 9.80 Å². The molecule has 0 amide bonds. The smallest absolute Gasteiger partial charge is 0.416 e. The molecule has 3 aromatic carbocycles. The molecule has 0 spiro atoms. The Morgan fingerprint density at radius 2 is 1.67 bits per heavy atom. The maximum Gasteiger partial charge on any atom is 0.416 e. The molecule has 39 heavy (non-hydrogen) atoms. The SMILES string of the molecule is COC(=O)CC1c2cc(F)ccc2N=C(N2CCN(c3cccc(Cl)c3)CC2)N1c1cccc(C(F)(F)F)c1. The van der Waals surface area contributed by atoms with Crippen LogP contribution in [0.3, 0.4) is 0 Å². The van der Waals surface area contributed by atoms with Gasteiger partial charge in [0.25, 0.3) is 0 Å². The summed E-state index contributed by atoms with van der Waals surface area (Å²) in [5.41, 5.74) is 1.14. The van der Waals surface area contributed by atoms with Gasteiger partial charge in [0.05, 0.1) is 30.8 Å². The molecule has 0 N–H and O–H groups in total. The Hall–Kier alpha value is -3.79. The summed E-state index contributed by atoms with van der Waals surface area (Å²) in [5.74, 6) is -0.742. The number of halogens is 5. The number of aliphatic imine (C=N–C) groups is 1. The average Bonchev–Trinajstić information content (AvgIpc) is 2.92. The van der Waals surface area contributed by atoms with Crippen molar-refractivity contribution in [1.82, 2.24) is 4.90 Å². The van der Waals surface area contributed by atoms with E-state index >= 15 is 0 Å². The number of anilines is 2. The van der Waals surface area contributed by atoms with Crippen molar-refractivity contribution in [3.05, 3.63) is 88.7 Å². The van der Waals surface area contributed by atoms with Crippen molar-refractivity contribution in [2.24, 2.45) is 4.99 Å². The number of esters is 1. The molecule has 3 aromatic rings. The van der Waals surface area contributed by atoms with Gasteiger partial charge in [-0.05, 0) is 54.6 Å². The number of rotatable bonds is 4. The molecule has 5 rings (SSSR count). The highest BCUT2D eigenvalue weighted by Gasteiger charge is 2.38. The second-order valence-corrected chi connectivity index (χ2v) is 9.72. The summed E-state index contributed by atoms with van der Waals surface area (Å²) in [6.45, 7) is 2.21. The summed E-state index contributed by atoms with van der Waals surface area (Å²) in [7, 11) is 1.23. The standard InChI is InChI=1S/C28H25ClF4N4O2/c1-39-26(38)17-25-23-16-20(30)8-9-24(23)34-27(37(25)22-7-2-4-18(14-22)28(31,32)33)36-12-10-35(11-13-36)21-6-3-5-19(29)15-21/h2-9,14-16,25H,10-13,17H2,1H3. The molecule has 1 unspecified atom stereocenters. The number of piperazine rings is 1. The molecule has 1 saturated heterocycles. The Bertz CT molecular complexity index is 1410. The minimum Gasteiger partial charge on any atom is -0.469 e. The van der Waals surface area contributed by atoms with Gasteiger partial charge in [0.15, 0.2) is 0 Å². The van der Waals surface area contributed by atoms with Crippen molar-refractivity contribution in [2.45, 2.75) is 18.6 Å². The van der Waals surface area contributed by atoms with Crippen molar-refractivity contribution >= 4 is 40.6 Å². The summed E-state index contributed by atoms with van der Waals surface area (Å²) >= 11 is 6.17. The Morgan fingerprint density at radius 3 is 2.36 bits per heavy atom. The second kappa shape index (κ2) is 10.8. The van der Waals surface area contributed by atoms with Crippen LogP contribution in [0.2, 0.25) is 5.02 Å². The molecule has 6 nitrogen and oxygen atoms in total. The predicted octanol–water partition coefficient (Wildman–Crippen LogP) is 6.43. The van der Waals surface area contributed by atoms with Crippen molar-refractivity contribution < 1.29 is 27.1 Å². The van der Waals surface area contributed by atoms with Gasteiger partial charge < -0.3 is 19.4 Å². The van der Waals surface area contributed by atoms with E-state index in [-0.39, 0.29) is 12.1 Å². The van der Waals surface area contributed by atoms with Crippen molar-refractivity contribution in [3.63, 3.8) is 0 Å². The summed E-state index contributed by atoms with van der Waals surface area (Å²) in [6.07, 6.45) is -4.79. The predicted molar refractivity (Wildman–Crippen MR) is 142 cm³/mol. The first-order valence-electron chi connectivity index (χ1n) is 12.3. The Labute approximate surface area is 228 Å². The number of benzene rings is 3. The zero-order valence-electron chi connectivity index (χ0n) is 21.0. The van der Waals surface area contributed by atoms with Gasteiger partial charge in [-0.15, -0.1) is 0 Å². The lowest BCUT2D eigenvalue weighted by molar-refractivity contribution is -0.141. The first-order valence-corrected chi connectivity index (χ1v) is 12.7. The highest BCUT2D eigenvalue weighted by Crippen LogP contribution is 2.42. The van der Waals surface area contributed by atoms with E-state index in [1.807, 2.05) is 23.1 Å². The van der Waals surface area contributed by atoms with Gasteiger partial charge in [-0.2, -0.15) is 13.2 Å². The van der Waals surface area contributed by atoms with Crippen LogP contribution >= 0.6 is 11.6 Å². The number of hydrogen-bond donors (Lipinski definition) is 0. The summed E-state index contributed by atoms with van der Waals surface area (Å²) < 4.78 is 60.3. The molecule has 2 aliphatic heterocycles. The Balaban J connectivity index is 1.56. The van der Waals surface area contributed by atoms with E-state index in [9.17, 15) is 22.4 Å². The largest absolute Gasteiger partial charge is 0.469 e. The monoisotopic (exact) mass is 560 g/mol. The van der Waals surface area contributed by atoms with Gasteiger partial charge in [-0.1, -0.05) is 23.7 Å². The fourth-order valence-electron chi connectivity index (χ4n) is 4.96. The molecule has 204 valence electrons. The molecule has 1 fully saturated rings. The fraction of sp³-hybridized carbons (Fsp3) is 0.286. The van der Waals surface area contributed by atoms with E-state index < -0.39 is 29.6 Å². The summed E-state index contributed by atoms with van der Waals surface area (Å²) in [4.78, 5) is 23.0. The number of fused-ring (bicyclic) bond motifs is 1. The van der Waals surface area contributed by atoms with Gasteiger partial charge in [0.2, 0.25) is 5.96 Å². The van der Waals surface area contributed by atoms with Crippen molar-refractivity contribution in [3.8, 4) is 0 Å².